The Labute approximate surface area is 116 Å². The number of aryl methyl sites for hydroxylation is 3. The van der Waals surface area contributed by atoms with Gasteiger partial charge in [-0.1, -0.05) is 17.7 Å². The molecule has 1 aromatic heterocycles. The van der Waals surface area contributed by atoms with Gasteiger partial charge in [0, 0.05) is 7.05 Å². The van der Waals surface area contributed by atoms with Gasteiger partial charge in [0.2, 0.25) is 0 Å². The third-order valence-corrected chi connectivity index (χ3v) is 3.51. The van der Waals surface area contributed by atoms with Gasteiger partial charge in [-0.05, 0) is 31.5 Å². The highest BCUT2D eigenvalue weighted by Crippen LogP contribution is 2.22. The Morgan fingerprint density at radius 1 is 1.42 bits per heavy atom. The lowest BCUT2D eigenvalue weighted by Gasteiger charge is -2.05. The highest BCUT2D eigenvalue weighted by Gasteiger charge is 2.18. The Hall–Kier alpha value is -1.68. The predicted octanol–water partition coefficient (Wildman–Crippen LogP) is 3.25. The first-order valence-electron chi connectivity index (χ1n) is 5.87. The van der Waals surface area contributed by atoms with E-state index in [4.69, 9.17) is 11.6 Å². The zero-order chi connectivity index (χ0) is 14.2. The predicted molar refractivity (Wildman–Crippen MR) is 72.1 cm³/mol. The van der Waals surface area contributed by atoms with Gasteiger partial charge in [-0.15, -0.1) is 0 Å². The summed E-state index contributed by atoms with van der Waals surface area (Å²) in [5, 5.41) is 4.59. The molecule has 2 aromatic rings. The third kappa shape index (κ3) is 2.68. The van der Waals surface area contributed by atoms with E-state index in [0.29, 0.717) is 16.4 Å². The SMILES string of the molecule is Cc1ccc(C(=O)Cc2c(Cl)c(C)nn2C)c(F)c1. The van der Waals surface area contributed by atoms with Crippen molar-refractivity contribution in [1.82, 2.24) is 9.78 Å². The first-order valence-corrected chi connectivity index (χ1v) is 6.25. The van der Waals surface area contributed by atoms with Crippen LogP contribution >= 0.6 is 11.6 Å². The number of benzene rings is 1. The molecule has 0 saturated heterocycles. The van der Waals surface area contributed by atoms with E-state index < -0.39 is 5.82 Å². The largest absolute Gasteiger partial charge is 0.294 e. The van der Waals surface area contributed by atoms with E-state index in [9.17, 15) is 9.18 Å². The molecule has 0 aliphatic heterocycles. The van der Waals surface area contributed by atoms with Gasteiger partial charge < -0.3 is 0 Å². The summed E-state index contributed by atoms with van der Waals surface area (Å²) in [4.78, 5) is 12.1. The smallest absolute Gasteiger partial charge is 0.171 e. The average molecular weight is 281 g/mol. The zero-order valence-electron chi connectivity index (χ0n) is 11.0. The molecule has 0 saturated carbocycles. The first kappa shape index (κ1) is 13.7. The van der Waals surface area contributed by atoms with Crippen molar-refractivity contribution in [3.8, 4) is 0 Å². The van der Waals surface area contributed by atoms with E-state index in [1.807, 2.05) is 0 Å². The van der Waals surface area contributed by atoms with Crippen molar-refractivity contribution in [2.24, 2.45) is 7.05 Å². The number of ketones is 1. The highest BCUT2D eigenvalue weighted by atomic mass is 35.5. The summed E-state index contributed by atoms with van der Waals surface area (Å²) < 4.78 is 15.3. The molecule has 0 spiro atoms. The average Bonchev–Trinajstić information content (AvgIpc) is 2.56. The molecule has 1 heterocycles. The van der Waals surface area contributed by atoms with E-state index in [0.717, 1.165) is 5.56 Å². The highest BCUT2D eigenvalue weighted by molar-refractivity contribution is 6.32. The molecule has 2 rings (SSSR count). The molecule has 1 aromatic carbocycles. The van der Waals surface area contributed by atoms with Gasteiger partial charge in [-0.25, -0.2) is 4.39 Å². The minimum absolute atomic E-state index is 0.0379. The fourth-order valence-electron chi connectivity index (χ4n) is 1.97. The van der Waals surface area contributed by atoms with Gasteiger partial charge >= 0.3 is 0 Å². The Bertz CT molecular complexity index is 649. The third-order valence-electron chi connectivity index (χ3n) is 3.01. The summed E-state index contributed by atoms with van der Waals surface area (Å²) in [6.07, 6.45) is 0.0379. The molecule has 0 N–H and O–H groups in total. The van der Waals surface area contributed by atoms with Crippen molar-refractivity contribution >= 4 is 17.4 Å². The second-order valence-corrected chi connectivity index (χ2v) is 4.93. The van der Waals surface area contributed by atoms with E-state index in [2.05, 4.69) is 5.10 Å². The quantitative estimate of drug-likeness (QED) is 0.809. The van der Waals surface area contributed by atoms with Crippen LogP contribution in [0.3, 0.4) is 0 Å². The molecule has 0 atom stereocenters. The van der Waals surface area contributed by atoms with Crippen molar-refractivity contribution < 1.29 is 9.18 Å². The number of halogens is 2. The fraction of sp³-hybridized carbons (Fsp3) is 0.286. The molecule has 0 aliphatic rings. The molecular weight excluding hydrogens is 267 g/mol. The van der Waals surface area contributed by atoms with Crippen LogP contribution in [0.15, 0.2) is 18.2 Å². The van der Waals surface area contributed by atoms with Gasteiger partial charge in [0.05, 0.1) is 28.4 Å². The maximum absolute atomic E-state index is 13.7. The van der Waals surface area contributed by atoms with Crippen molar-refractivity contribution in [2.75, 3.05) is 0 Å². The van der Waals surface area contributed by atoms with Gasteiger partial charge in [-0.3, -0.25) is 9.48 Å². The molecule has 0 unspecified atom stereocenters. The van der Waals surface area contributed by atoms with E-state index in [1.54, 1.807) is 31.6 Å². The molecule has 100 valence electrons. The van der Waals surface area contributed by atoms with Crippen LogP contribution in [0.2, 0.25) is 5.02 Å². The number of Topliss-reactive ketones (excluding diaryl/α,β-unsaturated/α-hetero) is 1. The minimum Gasteiger partial charge on any atom is -0.294 e. The van der Waals surface area contributed by atoms with Gasteiger partial charge in [-0.2, -0.15) is 5.10 Å². The Kier molecular flexibility index (Phi) is 3.71. The van der Waals surface area contributed by atoms with E-state index in [-0.39, 0.29) is 17.8 Å². The van der Waals surface area contributed by atoms with Crippen LogP contribution in [0.25, 0.3) is 0 Å². The number of nitrogens with zero attached hydrogens (tertiary/aromatic N) is 2. The number of rotatable bonds is 3. The topological polar surface area (TPSA) is 34.9 Å². The molecule has 5 heteroatoms. The first-order chi connectivity index (χ1) is 8.90. The molecule has 0 fully saturated rings. The second-order valence-electron chi connectivity index (χ2n) is 4.55. The van der Waals surface area contributed by atoms with Gasteiger partial charge in [0.1, 0.15) is 5.82 Å². The minimum atomic E-state index is -0.500. The maximum atomic E-state index is 13.7. The van der Waals surface area contributed by atoms with Crippen molar-refractivity contribution in [3.05, 3.63) is 51.6 Å². The van der Waals surface area contributed by atoms with Gasteiger partial charge in [0.25, 0.3) is 0 Å². The molecule has 3 nitrogen and oxygen atoms in total. The summed E-state index contributed by atoms with van der Waals surface area (Å²) in [5.74, 6) is -0.803. The number of carbonyl (C=O) groups excluding carboxylic acids is 1. The zero-order valence-corrected chi connectivity index (χ0v) is 11.8. The van der Waals surface area contributed by atoms with Crippen LogP contribution < -0.4 is 0 Å². The van der Waals surface area contributed by atoms with Crippen molar-refractivity contribution in [1.29, 1.82) is 0 Å². The van der Waals surface area contributed by atoms with Crippen LogP contribution in [0.4, 0.5) is 4.39 Å². The number of hydrogen-bond donors (Lipinski definition) is 0. The van der Waals surface area contributed by atoms with Crippen LogP contribution in [-0.2, 0) is 13.5 Å². The number of carbonyl (C=O) groups is 1. The van der Waals surface area contributed by atoms with Crippen molar-refractivity contribution in [2.45, 2.75) is 20.3 Å². The lowest BCUT2D eigenvalue weighted by atomic mass is 10.0. The Morgan fingerprint density at radius 3 is 2.63 bits per heavy atom. The lowest BCUT2D eigenvalue weighted by Crippen LogP contribution is -2.10. The van der Waals surface area contributed by atoms with Crippen LogP contribution in [0.1, 0.15) is 27.3 Å². The molecule has 0 aliphatic carbocycles. The fourth-order valence-corrected chi connectivity index (χ4v) is 2.19. The van der Waals surface area contributed by atoms with Crippen LogP contribution in [0, 0.1) is 19.7 Å². The lowest BCUT2D eigenvalue weighted by molar-refractivity contribution is 0.0987. The second kappa shape index (κ2) is 5.13. The summed E-state index contributed by atoms with van der Waals surface area (Å²) >= 11 is 6.08. The van der Waals surface area contributed by atoms with E-state index >= 15 is 0 Å². The number of aromatic nitrogens is 2. The molecule has 0 radical (unpaired) electrons. The molecule has 0 amide bonds. The standard InChI is InChI=1S/C14H14ClFN2O/c1-8-4-5-10(11(16)6-8)13(19)7-12-14(15)9(2)17-18(12)3/h4-6H,7H2,1-3H3. The van der Waals surface area contributed by atoms with Gasteiger partial charge in [0.15, 0.2) is 5.78 Å². The molecule has 19 heavy (non-hydrogen) atoms. The normalized spacial score (nSPS) is 10.8. The van der Waals surface area contributed by atoms with Crippen LogP contribution in [-0.4, -0.2) is 15.6 Å². The summed E-state index contributed by atoms with van der Waals surface area (Å²) in [5.41, 5.74) is 2.13. The number of hydrogen-bond acceptors (Lipinski definition) is 2. The van der Waals surface area contributed by atoms with E-state index in [1.165, 1.54) is 12.1 Å². The summed E-state index contributed by atoms with van der Waals surface area (Å²) in [6.45, 7) is 3.54. The Balaban J connectivity index is 2.31. The monoisotopic (exact) mass is 280 g/mol. The molecular formula is C14H14ClFN2O. The van der Waals surface area contributed by atoms with Crippen molar-refractivity contribution in [3.63, 3.8) is 0 Å². The van der Waals surface area contributed by atoms with Crippen LogP contribution in [0.5, 0.6) is 0 Å². The summed E-state index contributed by atoms with van der Waals surface area (Å²) in [6, 6.07) is 4.57. The summed E-state index contributed by atoms with van der Waals surface area (Å²) in [7, 11) is 1.72. The maximum Gasteiger partial charge on any atom is 0.171 e. The molecule has 0 bridgehead atoms. The Morgan fingerprint density at radius 2 is 2.11 bits per heavy atom.